The van der Waals surface area contributed by atoms with Crippen LogP contribution in [0.4, 0.5) is 0 Å². The van der Waals surface area contributed by atoms with Crippen LogP contribution < -0.4 is 10.6 Å². The highest BCUT2D eigenvalue weighted by atomic mass is 35.5. The van der Waals surface area contributed by atoms with Gasteiger partial charge >= 0.3 is 0 Å². The number of nitrogens with one attached hydrogen (secondary N) is 2. The van der Waals surface area contributed by atoms with Crippen LogP contribution in [0.2, 0.25) is 5.02 Å². The summed E-state index contributed by atoms with van der Waals surface area (Å²) in [4.78, 5) is 27.1. The fourth-order valence-electron chi connectivity index (χ4n) is 3.22. The van der Waals surface area contributed by atoms with E-state index in [9.17, 15) is 9.59 Å². The lowest BCUT2D eigenvalue weighted by molar-refractivity contribution is -0.121. The first-order chi connectivity index (χ1) is 14.0. The Morgan fingerprint density at radius 1 is 1.10 bits per heavy atom. The van der Waals surface area contributed by atoms with E-state index in [4.69, 9.17) is 16.3 Å². The summed E-state index contributed by atoms with van der Waals surface area (Å²) >= 11 is 6.04. The Bertz CT molecular complexity index is 835. The van der Waals surface area contributed by atoms with Crippen molar-refractivity contribution in [3.63, 3.8) is 0 Å². The molecule has 1 atom stereocenters. The smallest absolute Gasteiger partial charge is 0.253 e. The molecule has 2 aromatic rings. The van der Waals surface area contributed by atoms with Gasteiger partial charge in [0.15, 0.2) is 0 Å². The van der Waals surface area contributed by atoms with Crippen LogP contribution in [0.5, 0.6) is 0 Å². The molecule has 1 fully saturated rings. The Labute approximate surface area is 176 Å². The molecule has 0 spiro atoms. The topological polar surface area (TPSA) is 70.7 Å². The van der Waals surface area contributed by atoms with Crippen LogP contribution in [-0.2, 0) is 9.53 Å². The highest BCUT2D eigenvalue weighted by molar-refractivity contribution is 6.33. The summed E-state index contributed by atoms with van der Waals surface area (Å²) in [6, 6.07) is 14.7. The maximum atomic E-state index is 12.6. The summed E-state index contributed by atoms with van der Waals surface area (Å²) in [5, 5.41) is 6.05. The minimum Gasteiger partial charge on any atom is -0.379 e. The van der Waals surface area contributed by atoms with Gasteiger partial charge in [-0.15, -0.1) is 0 Å². The van der Waals surface area contributed by atoms with Gasteiger partial charge in [-0.1, -0.05) is 53.6 Å². The number of ether oxygens (including phenoxy) is 1. The highest BCUT2D eigenvalue weighted by Gasteiger charge is 2.20. The number of amides is 2. The zero-order valence-electron chi connectivity index (χ0n) is 16.5. The predicted molar refractivity (Wildman–Crippen MR) is 113 cm³/mol. The number of carbonyl (C=O) groups excluding carboxylic acids is 2. The van der Waals surface area contributed by atoms with Gasteiger partial charge in [0.25, 0.3) is 5.91 Å². The number of halogens is 1. The lowest BCUT2D eigenvalue weighted by Crippen LogP contribution is -2.45. The average molecular weight is 416 g/mol. The van der Waals surface area contributed by atoms with E-state index in [0.29, 0.717) is 30.3 Å². The second-order valence-electron chi connectivity index (χ2n) is 7.11. The summed E-state index contributed by atoms with van der Waals surface area (Å²) in [5.41, 5.74) is 2.55. The summed E-state index contributed by atoms with van der Waals surface area (Å²) in [6.07, 6.45) is 0. The fraction of sp³-hybridized carbons (Fsp3) is 0.364. The molecular weight excluding hydrogens is 390 g/mol. The molecule has 7 heteroatoms. The largest absolute Gasteiger partial charge is 0.379 e. The third-order valence-electron chi connectivity index (χ3n) is 4.89. The van der Waals surface area contributed by atoms with E-state index in [1.807, 2.05) is 31.2 Å². The molecule has 0 bridgehead atoms. The summed E-state index contributed by atoms with van der Waals surface area (Å²) < 4.78 is 5.41. The Morgan fingerprint density at radius 2 is 1.79 bits per heavy atom. The highest BCUT2D eigenvalue weighted by Crippen LogP contribution is 2.17. The van der Waals surface area contributed by atoms with Crippen LogP contribution in [0.3, 0.4) is 0 Å². The average Bonchev–Trinajstić information content (AvgIpc) is 2.73. The molecule has 0 aliphatic carbocycles. The van der Waals surface area contributed by atoms with Crippen LogP contribution in [0.25, 0.3) is 0 Å². The molecule has 1 saturated heterocycles. The molecule has 0 unspecified atom stereocenters. The van der Waals surface area contributed by atoms with Crippen LogP contribution in [-0.4, -0.2) is 56.1 Å². The van der Waals surface area contributed by atoms with E-state index in [-0.39, 0.29) is 24.4 Å². The van der Waals surface area contributed by atoms with Gasteiger partial charge < -0.3 is 15.4 Å². The first-order valence-electron chi connectivity index (χ1n) is 9.71. The summed E-state index contributed by atoms with van der Waals surface area (Å²) in [6.45, 7) is 5.67. The van der Waals surface area contributed by atoms with Crippen molar-refractivity contribution in [2.45, 2.75) is 13.0 Å². The van der Waals surface area contributed by atoms with Crippen molar-refractivity contribution in [2.24, 2.45) is 0 Å². The third-order valence-corrected chi connectivity index (χ3v) is 5.22. The van der Waals surface area contributed by atoms with Gasteiger partial charge in [-0.2, -0.15) is 0 Å². The van der Waals surface area contributed by atoms with Gasteiger partial charge in [-0.25, -0.2) is 0 Å². The first-order valence-corrected chi connectivity index (χ1v) is 10.1. The SMILES string of the molecule is Cc1ccc([C@H](CN2CCOCC2)NC(=O)CNC(=O)c2ccccc2Cl)cc1. The number of morpholine rings is 1. The van der Waals surface area contributed by atoms with Crippen molar-refractivity contribution in [1.82, 2.24) is 15.5 Å². The molecule has 29 heavy (non-hydrogen) atoms. The van der Waals surface area contributed by atoms with Crippen molar-refractivity contribution < 1.29 is 14.3 Å². The second-order valence-corrected chi connectivity index (χ2v) is 7.51. The lowest BCUT2D eigenvalue weighted by Gasteiger charge is -2.31. The van der Waals surface area contributed by atoms with Gasteiger partial charge in [0.1, 0.15) is 0 Å². The number of aryl methyl sites for hydroxylation is 1. The van der Waals surface area contributed by atoms with Crippen LogP contribution in [0.15, 0.2) is 48.5 Å². The predicted octanol–water partition coefficient (Wildman–Crippen LogP) is 2.57. The number of rotatable bonds is 7. The van der Waals surface area contributed by atoms with Crippen LogP contribution in [0.1, 0.15) is 27.5 Å². The maximum Gasteiger partial charge on any atom is 0.253 e. The lowest BCUT2D eigenvalue weighted by atomic mass is 10.0. The molecule has 1 aliphatic rings. The van der Waals surface area contributed by atoms with E-state index in [1.165, 1.54) is 0 Å². The molecule has 2 N–H and O–H groups in total. The maximum absolute atomic E-state index is 12.6. The van der Waals surface area contributed by atoms with Crippen molar-refractivity contribution in [3.8, 4) is 0 Å². The Hall–Kier alpha value is -2.41. The van der Waals surface area contributed by atoms with Gasteiger partial charge in [-0.3, -0.25) is 14.5 Å². The van der Waals surface area contributed by atoms with Crippen molar-refractivity contribution in [1.29, 1.82) is 0 Å². The number of carbonyl (C=O) groups is 2. The summed E-state index contributed by atoms with van der Waals surface area (Å²) in [7, 11) is 0. The Morgan fingerprint density at radius 3 is 2.48 bits per heavy atom. The quantitative estimate of drug-likeness (QED) is 0.729. The van der Waals surface area contributed by atoms with Gasteiger partial charge in [0, 0.05) is 19.6 Å². The number of hydrogen-bond acceptors (Lipinski definition) is 4. The van der Waals surface area contributed by atoms with E-state index in [2.05, 4.69) is 15.5 Å². The van der Waals surface area contributed by atoms with Crippen molar-refractivity contribution >= 4 is 23.4 Å². The molecule has 2 aromatic carbocycles. The number of hydrogen-bond donors (Lipinski definition) is 2. The zero-order valence-corrected chi connectivity index (χ0v) is 17.2. The van der Waals surface area contributed by atoms with E-state index >= 15 is 0 Å². The number of nitrogens with zero attached hydrogens (tertiary/aromatic N) is 1. The number of benzene rings is 2. The van der Waals surface area contributed by atoms with Gasteiger partial charge in [0.05, 0.1) is 36.4 Å². The van der Waals surface area contributed by atoms with Gasteiger partial charge in [-0.05, 0) is 24.6 Å². The van der Waals surface area contributed by atoms with Gasteiger partial charge in [0.2, 0.25) is 5.91 Å². The van der Waals surface area contributed by atoms with E-state index in [0.717, 1.165) is 24.2 Å². The molecule has 1 heterocycles. The van der Waals surface area contributed by atoms with E-state index in [1.54, 1.807) is 24.3 Å². The molecule has 2 amide bonds. The molecule has 0 saturated carbocycles. The molecule has 0 aromatic heterocycles. The normalized spacial score (nSPS) is 15.5. The molecule has 6 nitrogen and oxygen atoms in total. The Kier molecular flexibility index (Phi) is 7.63. The standard InChI is InChI=1S/C22H26ClN3O3/c1-16-6-8-17(9-7-16)20(15-26-10-12-29-13-11-26)25-21(27)14-24-22(28)18-4-2-3-5-19(18)23/h2-9,20H,10-15H2,1H3,(H,24,28)(H,25,27)/t20-/m0/s1. The zero-order chi connectivity index (χ0) is 20.6. The third kappa shape index (κ3) is 6.29. The van der Waals surface area contributed by atoms with Crippen molar-refractivity contribution in [3.05, 3.63) is 70.2 Å². The summed E-state index contributed by atoms with van der Waals surface area (Å²) in [5.74, 6) is -0.616. The Balaban J connectivity index is 1.61. The monoisotopic (exact) mass is 415 g/mol. The molecule has 1 aliphatic heterocycles. The van der Waals surface area contributed by atoms with Crippen LogP contribution in [0, 0.1) is 6.92 Å². The second kappa shape index (κ2) is 10.4. The fourth-order valence-corrected chi connectivity index (χ4v) is 3.44. The minimum atomic E-state index is -0.370. The molecule has 3 rings (SSSR count). The first kappa shape index (κ1) is 21.3. The molecule has 0 radical (unpaired) electrons. The van der Waals surface area contributed by atoms with Crippen molar-refractivity contribution in [2.75, 3.05) is 39.4 Å². The molecular formula is C22H26ClN3O3. The van der Waals surface area contributed by atoms with Crippen LogP contribution >= 0.6 is 11.6 Å². The van der Waals surface area contributed by atoms with E-state index < -0.39 is 0 Å². The molecule has 154 valence electrons. The minimum absolute atomic E-state index is 0.116.